The maximum atomic E-state index is 11.8. The van der Waals surface area contributed by atoms with Gasteiger partial charge >= 0.3 is 5.97 Å². The summed E-state index contributed by atoms with van der Waals surface area (Å²) in [5.74, 6) is 4.12. The van der Waals surface area contributed by atoms with Crippen molar-refractivity contribution < 1.29 is 23.1 Å². The van der Waals surface area contributed by atoms with Crippen molar-refractivity contribution in [1.29, 1.82) is 0 Å². The number of aromatic nitrogens is 1. The third-order valence-electron chi connectivity index (χ3n) is 2.18. The Balaban J connectivity index is 2.69. The molecule has 0 fully saturated rings. The van der Waals surface area contributed by atoms with E-state index in [2.05, 4.69) is 26.3 Å². The van der Waals surface area contributed by atoms with Gasteiger partial charge in [-0.1, -0.05) is 12.0 Å². The van der Waals surface area contributed by atoms with Gasteiger partial charge in [0.2, 0.25) is 10.0 Å². The van der Waals surface area contributed by atoms with Crippen LogP contribution in [0, 0.1) is 11.8 Å². The van der Waals surface area contributed by atoms with Crippen LogP contribution in [0.4, 0.5) is 5.82 Å². The summed E-state index contributed by atoms with van der Waals surface area (Å²) in [6.07, 6.45) is -0.229. The van der Waals surface area contributed by atoms with Gasteiger partial charge in [-0.15, -0.1) is 0 Å². The number of anilines is 1. The van der Waals surface area contributed by atoms with E-state index in [9.17, 15) is 13.2 Å². The van der Waals surface area contributed by atoms with E-state index in [1.54, 1.807) is 19.1 Å². The molecule has 1 aromatic heterocycles. The fourth-order valence-electron chi connectivity index (χ4n) is 1.35. The third kappa shape index (κ3) is 6.74. The Kier molecular flexibility index (Phi) is 6.65. The number of ether oxygens (including phenoxy) is 1. The minimum atomic E-state index is -3.70. The first-order valence-corrected chi connectivity index (χ1v) is 7.85. The van der Waals surface area contributed by atoms with Crippen molar-refractivity contribution >= 4 is 21.8 Å². The van der Waals surface area contributed by atoms with E-state index in [1.165, 1.54) is 6.07 Å². The summed E-state index contributed by atoms with van der Waals surface area (Å²) in [5.41, 5.74) is 0.328. The lowest BCUT2D eigenvalue weighted by Gasteiger charge is -2.07. The fraction of sp³-hybridized carbons (Fsp3) is 0.385. The molecule has 0 aliphatic heterocycles. The molecule has 1 rings (SSSR count). The van der Waals surface area contributed by atoms with Crippen LogP contribution in [-0.2, 0) is 19.6 Å². The number of aliphatic hydroxyl groups is 1. The highest BCUT2D eigenvalue weighted by Crippen LogP contribution is 2.07. The molecule has 0 aromatic carbocycles. The number of aliphatic hydroxyl groups excluding tert-OH is 1. The zero-order valence-electron chi connectivity index (χ0n) is 11.5. The van der Waals surface area contributed by atoms with Crippen molar-refractivity contribution in [3.63, 3.8) is 0 Å². The van der Waals surface area contributed by atoms with Crippen molar-refractivity contribution in [3.05, 3.63) is 23.9 Å². The highest BCUT2D eigenvalue weighted by atomic mass is 32.2. The van der Waals surface area contributed by atoms with E-state index < -0.39 is 16.0 Å². The van der Waals surface area contributed by atoms with Crippen LogP contribution in [-0.4, -0.2) is 43.4 Å². The summed E-state index contributed by atoms with van der Waals surface area (Å²) in [7, 11) is -3.70. The second-order valence-electron chi connectivity index (χ2n) is 3.84. The maximum absolute atomic E-state index is 11.8. The van der Waals surface area contributed by atoms with Crippen LogP contribution < -0.4 is 4.72 Å². The van der Waals surface area contributed by atoms with Gasteiger partial charge in [0, 0.05) is 0 Å². The quantitative estimate of drug-likeness (QED) is 0.571. The number of rotatable bonds is 6. The predicted octanol–water partition coefficient (Wildman–Crippen LogP) is 0.120. The molecular weight excluding hydrogens is 296 g/mol. The van der Waals surface area contributed by atoms with E-state index >= 15 is 0 Å². The second-order valence-corrected chi connectivity index (χ2v) is 5.69. The van der Waals surface area contributed by atoms with Crippen LogP contribution in [0.25, 0.3) is 0 Å². The molecule has 0 bridgehead atoms. The summed E-state index contributed by atoms with van der Waals surface area (Å²) in [6, 6.07) is 4.63. The summed E-state index contributed by atoms with van der Waals surface area (Å²) in [6.45, 7) is 1.55. The molecule has 8 heteroatoms. The molecule has 1 heterocycles. The normalized spacial score (nSPS) is 10.4. The van der Waals surface area contributed by atoms with E-state index in [4.69, 9.17) is 5.11 Å². The number of hydrogen-bond donors (Lipinski definition) is 2. The van der Waals surface area contributed by atoms with E-state index in [0.29, 0.717) is 5.69 Å². The maximum Gasteiger partial charge on any atom is 0.306 e. The molecule has 0 amide bonds. The SMILES string of the molecule is CCOC(=O)CCS(=O)(=O)Nc1cccc(C#CCO)n1. The molecule has 0 aliphatic rings. The van der Waals surface area contributed by atoms with Gasteiger partial charge in [0.1, 0.15) is 18.1 Å². The van der Waals surface area contributed by atoms with Gasteiger partial charge in [0.15, 0.2) is 0 Å². The topological polar surface area (TPSA) is 106 Å². The highest BCUT2D eigenvalue weighted by Gasteiger charge is 2.14. The van der Waals surface area contributed by atoms with Crippen LogP contribution in [0.3, 0.4) is 0 Å². The average molecular weight is 312 g/mol. The monoisotopic (exact) mass is 312 g/mol. The molecule has 2 N–H and O–H groups in total. The van der Waals surface area contributed by atoms with Crippen molar-refractivity contribution in [3.8, 4) is 11.8 Å². The number of nitrogens with one attached hydrogen (secondary N) is 1. The largest absolute Gasteiger partial charge is 0.466 e. The van der Waals surface area contributed by atoms with Gasteiger partial charge in [-0.05, 0) is 25.0 Å². The van der Waals surface area contributed by atoms with Crippen LogP contribution in [0.5, 0.6) is 0 Å². The van der Waals surface area contributed by atoms with Gasteiger partial charge < -0.3 is 9.84 Å². The lowest BCUT2D eigenvalue weighted by Crippen LogP contribution is -2.20. The molecule has 0 saturated carbocycles. The molecule has 21 heavy (non-hydrogen) atoms. The minimum Gasteiger partial charge on any atom is -0.466 e. The summed E-state index contributed by atoms with van der Waals surface area (Å²) < 4.78 is 30.5. The molecule has 0 spiro atoms. The zero-order valence-corrected chi connectivity index (χ0v) is 12.3. The molecule has 0 saturated heterocycles. The Morgan fingerprint density at radius 1 is 1.48 bits per heavy atom. The van der Waals surface area contributed by atoms with E-state index in [-0.39, 0.29) is 31.2 Å². The van der Waals surface area contributed by atoms with Crippen molar-refractivity contribution in [2.45, 2.75) is 13.3 Å². The van der Waals surface area contributed by atoms with Crippen molar-refractivity contribution in [1.82, 2.24) is 4.98 Å². The number of carbonyl (C=O) groups excluding carboxylic acids is 1. The Morgan fingerprint density at radius 3 is 2.90 bits per heavy atom. The summed E-state index contributed by atoms with van der Waals surface area (Å²) in [5, 5.41) is 8.59. The number of sulfonamides is 1. The van der Waals surface area contributed by atoms with Gasteiger partial charge in [-0.2, -0.15) is 0 Å². The predicted molar refractivity (Wildman–Crippen MR) is 76.9 cm³/mol. The molecule has 0 radical (unpaired) electrons. The number of pyridine rings is 1. The smallest absolute Gasteiger partial charge is 0.306 e. The lowest BCUT2D eigenvalue weighted by atomic mass is 10.3. The number of hydrogen-bond acceptors (Lipinski definition) is 6. The van der Waals surface area contributed by atoms with Gasteiger partial charge in [0.05, 0.1) is 18.8 Å². The molecule has 0 unspecified atom stereocenters. The Morgan fingerprint density at radius 2 is 2.24 bits per heavy atom. The highest BCUT2D eigenvalue weighted by molar-refractivity contribution is 7.92. The first kappa shape index (κ1) is 16.9. The third-order valence-corrected chi connectivity index (χ3v) is 3.45. The molecule has 0 aliphatic carbocycles. The first-order valence-electron chi connectivity index (χ1n) is 6.19. The summed E-state index contributed by atoms with van der Waals surface area (Å²) >= 11 is 0. The van der Waals surface area contributed by atoms with Crippen LogP contribution in [0.2, 0.25) is 0 Å². The number of carbonyl (C=O) groups is 1. The number of esters is 1. The van der Waals surface area contributed by atoms with Gasteiger partial charge in [0.25, 0.3) is 0 Å². The van der Waals surface area contributed by atoms with Crippen molar-refractivity contribution in [2.24, 2.45) is 0 Å². The molecule has 0 atom stereocenters. The standard InChI is InChI=1S/C13H16N2O5S/c1-2-20-13(17)8-10-21(18,19)15-12-7-3-5-11(14-12)6-4-9-16/h3,5,7,16H,2,8-10H2,1H3,(H,14,15). The fourth-order valence-corrected chi connectivity index (χ4v) is 2.32. The van der Waals surface area contributed by atoms with Gasteiger partial charge in [-0.25, -0.2) is 13.4 Å². The molecular formula is C13H16N2O5S. The molecule has 114 valence electrons. The second kappa shape index (κ2) is 8.24. The Bertz CT molecular complexity index is 646. The Labute approximate surface area is 123 Å². The average Bonchev–Trinajstić information content (AvgIpc) is 2.43. The van der Waals surface area contributed by atoms with E-state index in [0.717, 1.165) is 0 Å². The number of nitrogens with zero attached hydrogens (tertiary/aromatic N) is 1. The lowest BCUT2D eigenvalue weighted by molar-refractivity contribution is -0.142. The molecule has 7 nitrogen and oxygen atoms in total. The van der Waals surface area contributed by atoms with Crippen LogP contribution >= 0.6 is 0 Å². The molecule has 1 aromatic rings. The van der Waals surface area contributed by atoms with E-state index in [1.807, 2.05) is 0 Å². The Hall–Kier alpha value is -2.11. The summed E-state index contributed by atoms with van der Waals surface area (Å²) in [4.78, 5) is 15.1. The van der Waals surface area contributed by atoms with Gasteiger partial charge in [-0.3, -0.25) is 9.52 Å². The van der Waals surface area contributed by atoms with Crippen molar-refractivity contribution in [2.75, 3.05) is 23.7 Å². The first-order chi connectivity index (χ1) is 9.96. The zero-order chi connectivity index (χ0) is 15.7. The van der Waals surface area contributed by atoms with Crippen LogP contribution in [0.1, 0.15) is 19.0 Å². The minimum absolute atomic E-state index is 0.101. The van der Waals surface area contributed by atoms with Crippen LogP contribution in [0.15, 0.2) is 18.2 Å².